The van der Waals surface area contributed by atoms with Crippen molar-refractivity contribution >= 4 is 5.91 Å². The standard InChI is InChI=1S/C12H17NO3/c1-8-5-11(16-9(8)2)12(15)13-4-3-10(6-13)7-14/h5,10,14H,3-4,6-7H2,1-2H3. The van der Waals surface area contributed by atoms with Crippen molar-refractivity contribution in [1.29, 1.82) is 0 Å². The number of furan rings is 1. The van der Waals surface area contributed by atoms with Crippen molar-refractivity contribution < 1.29 is 14.3 Å². The molecule has 1 N–H and O–H groups in total. The summed E-state index contributed by atoms with van der Waals surface area (Å²) in [5, 5.41) is 9.02. The molecule has 0 radical (unpaired) electrons. The van der Waals surface area contributed by atoms with Crippen LogP contribution in [0.25, 0.3) is 0 Å². The highest BCUT2D eigenvalue weighted by atomic mass is 16.4. The number of hydrogen-bond donors (Lipinski definition) is 1. The summed E-state index contributed by atoms with van der Waals surface area (Å²) < 4.78 is 5.40. The summed E-state index contributed by atoms with van der Waals surface area (Å²) >= 11 is 0. The van der Waals surface area contributed by atoms with Crippen LogP contribution < -0.4 is 0 Å². The van der Waals surface area contributed by atoms with Gasteiger partial charge in [-0.3, -0.25) is 4.79 Å². The summed E-state index contributed by atoms with van der Waals surface area (Å²) in [6, 6.07) is 1.78. The van der Waals surface area contributed by atoms with Crippen LogP contribution in [0.1, 0.15) is 28.3 Å². The average molecular weight is 223 g/mol. The largest absolute Gasteiger partial charge is 0.456 e. The number of aryl methyl sites for hydroxylation is 2. The molecule has 1 aromatic rings. The van der Waals surface area contributed by atoms with Gasteiger partial charge in [-0.05, 0) is 31.9 Å². The van der Waals surface area contributed by atoms with Crippen molar-refractivity contribution in [1.82, 2.24) is 4.90 Å². The topological polar surface area (TPSA) is 53.7 Å². The van der Waals surface area contributed by atoms with E-state index in [1.165, 1.54) is 0 Å². The highest BCUT2D eigenvalue weighted by Gasteiger charge is 2.28. The molecule has 1 aromatic heterocycles. The Morgan fingerprint density at radius 3 is 2.88 bits per heavy atom. The minimum absolute atomic E-state index is 0.0628. The van der Waals surface area contributed by atoms with Crippen LogP contribution in [0.3, 0.4) is 0 Å². The Morgan fingerprint density at radius 1 is 1.62 bits per heavy atom. The predicted octanol–water partition coefficient (Wildman–Crippen LogP) is 1.35. The quantitative estimate of drug-likeness (QED) is 0.823. The Labute approximate surface area is 94.9 Å². The summed E-state index contributed by atoms with van der Waals surface area (Å²) in [5.41, 5.74) is 1.00. The van der Waals surface area contributed by atoms with E-state index in [-0.39, 0.29) is 18.4 Å². The van der Waals surface area contributed by atoms with Crippen LogP contribution in [0.15, 0.2) is 10.5 Å². The van der Waals surface area contributed by atoms with E-state index in [2.05, 4.69) is 0 Å². The van der Waals surface area contributed by atoms with E-state index in [0.29, 0.717) is 18.8 Å². The monoisotopic (exact) mass is 223 g/mol. The predicted molar refractivity (Wildman–Crippen MR) is 59.3 cm³/mol. The third-order valence-corrected chi connectivity index (χ3v) is 3.21. The fraction of sp³-hybridized carbons (Fsp3) is 0.583. The molecule has 1 aliphatic heterocycles. The molecule has 0 spiro atoms. The van der Waals surface area contributed by atoms with Gasteiger partial charge in [0.1, 0.15) is 5.76 Å². The van der Waals surface area contributed by atoms with E-state index in [0.717, 1.165) is 17.7 Å². The second-order valence-corrected chi connectivity index (χ2v) is 4.44. The SMILES string of the molecule is Cc1cc(C(=O)N2CCC(CO)C2)oc1C. The van der Waals surface area contributed by atoms with Crippen LogP contribution in [-0.4, -0.2) is 35.6 Å². The lowest BCUT2D eigenvalue weighted by molar-refractivity contribution is 0.0749. The van der Waals surface area contributed by atoms with E-state index in [4.69, 9.17) is 9.52 Å². The average Bonchev–Trinajstić information content (AvgIpc) is 2.86. The van der Waals surface area contributed by atoms with Crippen molar-refractivity contribution in [2.75, 3.05) is 19.7 Å². The number of nitrogens with zero attached hydrogens (tertiary/aromatic N) is 1. The van der Waals surface area contributed by atoms with Crippen molar-refractivity contribution in [2.24, 2.45) is 5.92 Å². The number of amides is 1. The van der Waals surface area contributed by atoms with E-state index in [1.54, 1.807) is 11.0 Å². The van der Waals surface area contributed by atoms with E-state index in [9.17, 15) is 4.79 Å². The highest BCUT2D eigenvalue weighted by molar-refractivity contribution is 5.92. The number of hydrogen-bond acceptors (Lipinski definition) is 3. The number of aliphatic hydroxyl groups is 1. The zero-order valence-electron chi connectivity index (χ0n) is 9.69. The molecule has 0 saturated carbocycles. The van der Waals surface area contributed by atoms with Crippen LogP contribution in [-0.2, 0) is 0 Å². The third kappa shape index (κ3) is 1.97. The second-order valence-electron chi connectivity index (χ2n) is 4.44. The van der Waals surface area contributed by atoms with E-state index >= 15 is 0 Å². The zero-order valence-corrected chi connectivity index (χ0v) is 9.69. The molecule has 2 heterocycles. The van der Waals surface area contributed by atoms with Crippen LogP contribution in [0, 0.1) is 19.8 Å². The van der Waals surface area contributed by atoms with Crippen LogP contribution in [0.5, 0.6) is 0 Å². The van der Waals surface area contributed by atoms with Gasteiger partial charge < -0.3 is 14.4 Å². The molecule has 4 nitrogen and oxygen atoms in total. The molecule has 16 heavy (non-hydrogen) atoms. The van der Waals surface area contributed by atoms with Crippen LogP contribution in [0.2, 0.25) is 0 Å². The third-order valence-electron chi connectivity index (χ3n) is 3.21. The van der Waals surface area contributed by atoms with E-state index < -0.39 is 0 Å². The molecular weight excluding hydrogens is 206 g/mol. The summed E-state index contributed by atoms with van der Waals surface area (Å²) in [6.07, 6.45) is 0.876. The Hall–Kier alpha value is -1.29. The van der Waals surface area contributed by atoms with Gasteiger partial charge in [-0.25, -0.2) is 0 Å². The number of likely N-dealkylation sites (tertiary alicyclic amines) is 1. The van der Waals surface area contributed by atoms with Crippen molar-refractivity contribution in [3.8, 4) is 0 Å². The molecule has 0 aromatic carbocycles. The van der Waals surface area contributed by atoms with Gasteiger partial charge in [0.25, 0.3) is 5.91 Å². The summed E-state index contributed by atoms with van der Waals surface area (Å²) in [5.74, 6) is 1.36. The van der Waals surface area contributed by atoms with Crippen LogP contribution in [0.4, 0.5) is 0 Å². The normalized spacial score (nSPS) is 20.4. The molecule has 4 heteroatoms. The van der Waals surface area contributed by atoms with Crippen molar-refractivity contribution in [2.45, 2.75) is 20.3 Å². The molecule has 1 saturated heterocycles. The van der Waals surface area contributed by atoms with E-state index in [1.807, 2.05) is 13.8 Å². The molecule has 88 valence electrons. The highest BCUT2D eigenvalue weighted by Crippen LogP contribution is 2.20. The summed E-state index contributed by atoms with van der Waals surface area (Å²) in [4.78, 5) is 13.8. The number of carbonyl (C=O) groups excluding carboxylic acids is 1. The fourth-order valence-electron chi connectivity index (χ4n) is 2.00. The first kappa shape index (κ1) is 11.2. The maximum absolute atomic E-state index is 12.0. The maximum atomic E-state index is 12.0. The fourth-order valence-corrected chi connectivity index (χ4v) is 2.00. The first-order chi connectivity index (χ1) is 7.61. The first-order valence-corrected chi connectivity index (χ1v) is 5.59. The Bertz CT molecular complexity index is 377. The lowest BCUT2D eigenvalue weighted by Gasteiger charge is -2.14. The van der Waals surface area contributed by atoms with Crippen molar-refractivity contribution in [3.63, 3.8) is 0 Å². The van der Waals surface area contributed by atoms with Gasteiger partial charge in [0.15, 0.2) is 5.76 Å². The molecule has 0 bridgehead atoms. The first-order valence-electron chi connectivity index (χ1n) is 5.59. The van der Waals surface area contributed by atoms with Gasteiger partial charge in [0, 0.05) is 25.6 Å². The Kier molecular flexibility index (Phi) is 3.01. The lowest BCUT2D eigenvalue weighted by atomic mass is 10.1. The second kappa shape index (κ2) is 4.29. The molecule has 1 unspecified atom stereocenters. The van der Waals surface area contributed by atoms with Gasteiger partial charge in [-0.2, -0.15) is 0 Å². The molecule has 1 amide bonds. The Morgan fingerprint density at radius 2 is 2.38 bits per heavy atom. The molecule has 0 aliphatic carbocycles. The minimum Gasteiger partial charge on any atom is -0.456 e. The number of carbonyl (C=O) groups is 1. The number of aliphatic hydroxyl groups excluding tert-OH is 1. The maximum Gasteiger partial charge on any atom is 0.289 e. The van der Waals surface area contributed by atoms with Gasteiger partial charge in [0.05, 0.1) is 0 Å². The molecule has 2 rings (SSSR count). The number of rotatable bonds is 2. The van der Waals surface area contributed by atoms with Gasteiger partial charge >= 0.3 is 0 Å². The van der Waals surface area contributed by atoms with Gasteiger partial charge in [0.2, 0.25) is 0 Å². The van der Waals surface area contributed by atoms with Crippen LogP contribution >= 0.6 is 0 Å². The Balaban J connectivity index is 2.08. The zero-order chi connectivity index (χ0) is 11.7. The molecule has 1 atom stereocenters. The lowest BCUT2D eigenvalue weighted by Crippen LogP contribution is -2.28. The van der Waals surface area contributed by atoms with Crippen molar-refractivity contribution in [3.05, 3.63) is 23.2 Å². The summed E-state index contributed by atoms with van der Waals surface area (Å²) in [7, 11) is 0. The smallest absolute Gasteiger partial charge is 0.289 e. The van der Waals surface area contributed by atoms with Gasteiger partial charge in [-0.15, -0.1) is 0 Å². The molecule has 1 aliphatic rings. The summed E-state index contributed by atoms with van der Waals surface area (Å²) in [6.45, 7) is 5.28. The molecular formula is C12H17NO3. The minimum atomic E-state index is -0.0628. The molecule has 1 fully saturated rings. The van der Waals surface area contributed by atoms with Gasteiger partial charge in [-0.1, -0.05) is 0 Å².